The number of likely N-dealkylation sites (tertiary alicyclic amines) is 2. The van der Waals surface area contributed by atoms with Crippen LogP contribution in [0, 0.1) is 5.92 Å². The number of amides is 2. The molecule has 2 aliphatic heterocycles. The SMILES string of the molecule is Cl.NCC1CCCCN1C(=O)C1CCCN(C(=O)Cc2ccccc2)C1. The molecule has 2 saturated heterocycles. The molecular weight excluding hydrogens is 350 g/mol. The number of nitrogens with zero attached hydrogens (tertiary/aromatic N) is 2. The van der Waals surface area contributed by atoms with E-state index >= 15 is 0 Å². The fourth-order valence-corrected chi connectivity index (χ4v) is 4.06. The molecule has 144 valence electrons. The van der Waals surface area contributed by atoms with E-state index in [0.29, 0.717) is 19.5 Å². The molecule has 0 bridgehead atoms. The molecule has 1 aromatic rings. The van der Waals surface area contributed by atoms with Gasteiger partial charge in [-0.3, -0.25) is 9.59 Å². The summed E-state index contributed by atoms with van der Waals surface area (Å²) >= 11 is 0. The Labute approximate surface area is 162 Å². The number of hydrogen-bond donors (Lipinski definition) is 1. The first-order valence-electron chi connectivity index (χ1n) is 9.51. The normalized spacial score (nSPS) is 23.3. The summed E-state index contributed by atoms with van der Waals surface area (Å²) < 4.78 is 0. The van der Waals surface area contributed by atoms with Gasteiger partial charge in [-0.25, -0.2) is 0 Å². The topological polar surface area (TPSA) is 66.6 Å². The van der Waals surface area contributed by atoms with Gasteiger partial charge < -0.3 is 15.5 Å². The van der Waals surface area contributed by atoms with Gasteiger partial charge in [0.1, 0.15) is 0 Å². The van der Waals surface area contributed by atoms with Crippen LogP contribution in [0.5, 0.6) is 0 Å². The molecule has 2 aliphatic rings. The Hall–Kier alpha value is -1.59. The highest BCUT2D eigenvalue weighted by atomic mass is 35.5. The van der Waals surface area contributed by atoms with Crippen molar-refractivity contribution in [2.75, 3.05) is 26.2 Å². The van der Waals surface area contributed by atoms with E-state index < -0.39 is 0 Å². The summed E-state index contributed by atoms with van der Waals surface area (Å²) in [6.07, 6.45) is 5.41. The van der Waals surface area contributed by atoms with Crippen molar-refractivity contribution in [2.24, 2.45) is 11.7 Å². The first-order chi connectivity index (χ1) is 12.2. The summed E-state index contributed by atoms with van der Waals surface area (Å²) in [7, 11) is 0. The van der Waals surface area contributed by atoms with Gasteiger partial charge in [0.25, 0.3) is 0 Å². The van der Waals surface area contributed by atoms with Gasteiger partial charge in [-0.05, 0) is 37.7 Å². The average molecular weight is 380 g/mol. The lowest BCUT2D eigenvalue weighted by molar-refractivity contribution is -0.143. The van der Waals surface area contributed by atoms with Crippen LogP contribution in [0.4, 0.5) is 0 Å². The molecule has 0 saturated carbocycles. The van der Waals surface area contributed by atoms with E-state index in [-0.39, 0.29) is 36.2 Å². The van der Waals surface area contributed by atoms with Crippen molar-refractivity contribution in [1.29, 1.82) is 0 Å². The summed E-state index contributed by atoms with van der Waals surface area (Å²) in [5, 5.41) is 0. The van der Waals surface area contributed by atoms with Gasteiger partial charge in [-0.2, -0.15) is 0 Å². The maximum absolute atomic E-state index is 13.0. The molecule has 26 heavy (non-hydrogen) atoms. The van der Waals surface area contributed by atoms with Crippen LogP contribution in [0.25, 0.3) is 0 Å². The van der Waals surface area contributed by atoms with Crippen LogP contribution >= 0.6 is 12.4 Å². The molecule has 1 aromatic carbocycles. The Morgan fingerprint density at radius 2 is 1.81 bits per heavy atom. The molecule has 2 heterocycles. The molecule has 3 rings (SSSR count). The van der Waals surface area contributed by atoms with E-state index in [2.05, 4.69) is 0 Å². The average Bonchev–Trinajstić information content (AvgIpc) is 2.68. The first-order valence-corrected chi connectivity index (χ1v) is 9.51. The second-order valence-electron chi connectivity index (χ2n) is 7.26. The van der Waals surface area contributed by atoms with Crippen LogP contribution in [0.15, 0.2) is 30.3 Å². The van der Waals surface area contributed by atoms with Gasteiger partial charge in [0.2, 0.25) is 11.8 Å². The number of carbonyl (C=O) groups is 2. The van der Waals surface area contributed by atoms with E-state index in [4.69, 9.17) is 5.73 Å². The second-order valence-corrected chi connectivity index (χ2v) is 7.26. The molecular formula is C20H30ClN3O2. The van der Waals surface area contributed by atoms with Crippen molar-refractivity contribution in [1.82, 2.24) is 9.80 Å². The van der Waals surface area contributed by atoms with Gasteiger partial charge in [0.05, 0.1) is 12.3 Å². The fourth-order valence-electron chi connectivity index (χ4n) is 4.06. The maximum atomic E-state index is 13.0. The standard InChI is InChI=1S/C20H29N3O2.ClH/c21-14-18-10-4-5-12-23(18)20(25)17-9-6-11-22(15-17)19(24)13-16-7-2-1-3-8-16;/h1-3,7-8,17-18H,4-6,9-15,21H2;1H. The highest BCUT2D eigenvalue weighted by Crippen LogP contribution is 2.24. The van der Waals surface area contributed by atoms with Crippen LogP contribution in [-0.4, -0.2) is 53.8 Å². The second kappa shape index (κ2) is 9.93. The number of benzene rings is 1. The van der Waals surface area contributed by atoms with Gasteiger partial charge in [0.15, 0.2) is 0 Å². The summed E-state index contributed by atoms with van der Waals surface area (Å²) in [6.45, 7) is 2.67. The van der Waals surface area contributed by atoms with E-state index in [1.807, 2.05) is 40.1 Å². The zero-order chi connectivity index (χ0) is 17.6. The molecule has 6 heteroatoms. The maximum Gasteiger partial charge on any atom is 0.227 e. The summed E-state index contributed by atoms with van der Waals surface area (Å²) in [4.78, 5) is 29.5. The van der Waals surface area contributed by atoms with Gasteiger partial charge in [-0.15, -0.1) is 12.4 Å². The predicted molar refractivity (Wildman–Crippen MR) is 105 cm³/mol. The summed E-state index contributed by atoms with van der Waals surface area (Å²) in [5.41, 5.74) is 6.89. The predicted octanol–water partition coefficient (Wildman–Crippen LogP) is 2.23. The van der Waals surface area contributed by atoms with E-state index in [1.54, 1.807) is 0 Å². The molecule has 2 amide bonds. The number of nitrogens with two attached hydrogens (primary N) is 1. The molecule has 5 nitrogen and oxygen atoms in total. The largest absolute Gasteiger partial charge is 0.342 e. The minimum absolute atomic E-state index is 0. The Bertz CT molecular complexity index is 596. The Morgan fingerprint density at radius 1 is 1.04 bits per heavy atom. The van der Waals surface area contributed by atoms with Crippen LogP contribution in [0.1, 0.15) is 37.7 Å². The summed E-state index contributed by atoms with van der Waals surface area (Å²) in [6, 6.07) is 9.99. The lowest BCUT2D eigenvalue weighted by Crippen LogP contribution is -2.53. The Morgan fingerprint density at radius 3 is 2.54 bits per heavy atom. The highest BCUT2D eigenvalue weighted by Gasteiger charge is 2.34. The zero-order valence-electron chi connectivity index (χ0n) is 15.3. The van der Waals surface area contributed by atoms with Crippen LogP contribution in [0.2, 0.25) is 0 Å². The number of carbonyl (C=O) groups excluding carboxylic acids is 2. The monoisotopic (exact) mass is 379 g/mol. The first kappa shape index (κ1) is 20.7. The molecule has 0 aliphatic carbocycles. The fraction of sp³-hybridized carbons (Fsp3) is 0.600. The third kappa shape index (κ3) is 4.98. The summed E-state index contributed by atoms with van der Waals surface area (Å²) in [5.74, 6) is 0.255. The molecule has 2 N–H and O–H groups in total. The van der Waals surface area contributed by atoms with Gasteiger partial charge >= 0.3 is 0 Å². The van der Waals surface area contributed by atoms with E-state index in [0.717, 1.165) is 50.8 Å². The third-order valence-corrected chi connectivity index (χ3v) is 5.50. The van der Waals surface area contributed by atoms with Gasteiger partial charge in [0, 0.05) is 32.2 Å². The molecule has 2 atom stereocenters. The van der Waals surface area contributed by atoms with Crippen LogP contribution < -0.4 is 5.73 Å². The van der Waals surface area contributed by atoms with Crippen molar-refractivity contribution in [2.45, 2.75) is 44.6 Å². The van der Waals surface area contributed by atoms with Crippen LogP contribution in [0.3, 0.4) is 0 Å². The lowest BCUT2D eigenvalue weighted by atomic mass is 9.93. The highest BCUT2D eigenvalue weighted by molar-refractivity contribution is 5.85. The molecule has 0 aromatic heterocycles. The van der Waals surface area contributed by atoms with Crippen molar-refractivity contribution in [3.8, 4) is 0 Å². The molecule has 0 radical (unpaired) electrons. The van der Waals surface area contributed by atoms with Crippen molar-refractivity contribution in [3.63, 3.8) is 0 Å². The third-order valence-electron chi connectivity index (χ3n) is 5.50. The number of piperidine rings is 2. The van der Waals surface area contributed by atoms with Crippen molar-refractivity contribution < 1.29 is 9.59 Å². The Kier molecular flexibility index (Phi) is 7.91. The molecule has 2 unspecified atom stereocenters. The minimum Gasteiger partial charge on any atom is -0.342 e. The van der Waals surface area contributed by atoms with Gasteiger partial charge in [-0.1, -0.05) is 30.3 Å². The van der Waals surface area contributed by atoms with Crippen molar-refractivity contribution >= 4 is 24.2 Å². The van der Waals surface area contributed by atoms with E-state index in [1.165, 1.54) is 0 Å². The molecule has 0 spiro atoms. The smallest absolute Gasteiger partial charge is 0.227 e. The number of halogens is 1. The van der Waals surface area contributed by atoms with E-state index in [9.17, 15) is 9.59 Å². The van der Waals surface area contributed by atoms with Crippen LogP contribution in [-0.2, 0) is 16.0 Å². The quantitative estimate of drug-likeness (QED) is 0.872. The minimum atomic E-state index is -0.0689. The Balaban J connectivity index is 0.00000243. The molecule has 2 fully saturated rings. The number of rotatable bonds is 4. The lowest BCUT2D eigenvalue weighted by Gasteiger charge is -2.40. The zero-order valence-corrected chi connectivity index (χ0v) is 16.1. The van der Waals surface area contributed by atoms with Crippen molar-refractivity contribution in [3.05, 3.63) is 35.9 Å². The number of hydrogen-bond acceptors (Lipinski definition) is 3.